The fourth-order valence-electron chi connectivity index (χ4n) is 2.98. The molecule has 1 aliphatic heterocycles. The highest BCUT2D eigenvalue weighted by Gasteiger charge is 2.35. The predicted molar refractivity (Wildman–Crippen MR) is 79.7 cm³/mol. The van der Waals surface area contributed by atoms with E-state index in [9.17, 15) is 0 Å². The lowest BCUT2D eigenvalue weighted by Crippen LogP contribution is -2.38. The molecule has 1 aliphatic carbocycles. The van der Waals surface area contributed by atoms with Crippen molar-refractivity contribution in [2.45, 2.75) is 19.1 Å². The van der Waals surface area contributed by atoms with Crippen molar-refractivity contribution in [2.75, 3.05) is 19.0 Å². The Labute approximate surface area is 119 Å². The molecule has 0 amide bonds. The molecule has 0 aromatic heterocycles. The van der Waals surface area contributed by atoms with Gasteiger partial charge in [0, 0.05) is 30.0 Å². The maximum atomic E-state index is 5.89. The van der Waals surface area contributed by atoms with Crippen molar-refractivity contribution in [1.29, 1.82) is 0 Å². The normalized spacial score (nSPS) is 27.1. The van der Waals surface area contributed by atoms with E-state index >= 15 is 0 Å². The summed E-state index contributed by atoms with van der Waals surface area (Å²) in [5, 5.41) is 3.52. The Morgan fingerprint density at radius 1 is 1.35 bits per heavy atom. The van der Waals surface area contributed by atoms with E-state index in [0.29, 0.717) is 6.61 Å². The zero-order valence-corrected chi connectivity index (χ0v) is 11.8. The van der Waals surface area contributed by atoms with Crippen molar-refractivity contribution >= 4 is 5.69 Å². The Hall–Kier alpha value is -1.94. The molecule has 4 heteroatoms. The lowest BCUT2D eigenvalue weighted by Gasteiger charge is -2.39. The molecule has 0 radical (unpaired) electrons. The van der Waals surface area contributed by atoms with Crippen LogP contribution in [0.1, 0.15) is 18.6 Å². The SMILES string of the molecule is CCOc1ccc2c(c1)C(OC)C1C=CC(N)=CC1N2. The molecule has 0 saturated heterocycles. The second-order valence-corrected chi connectivity index (χ2v) is 5.11. The zero-order valence-electron chi connectivity index (χ0n) is 11.8. The summed E-state index contributed by atoms with van der Waals surface area (Å²) in [4.78, 5) is 0. The summed E-state index contributed by atoms with van der Waals surface area (Å²) in [6.07, 6.45) is 6.14. The van der Waals surface area contributed by atoms with Crippen molar-refractivity contribution in [3.05, 3.63) is 47.7 Å². The van der Waals surface area contributed by atoms with Gasteiger partial charge in [-0.15, -0.1) is 0 Å². The van der Waals surface area contributed by atoms with E-state index in [1.807, 2.05) is 25.1 Å². The number of methoxy groups -OCH3 is 1. The number of allylic oxidation sites excluding steroid dienone is 1. The predicted octanol–water partition coefficient (Wildman–Crippen LogP) is 2.60. The van der Waals surface area contributed by atoms with Gasteiger partial charge in [0.15, 0.2) is 0 Å². The summed E-state index contributed by atoms with van der Waals surface area (Å²) >= 11 is 0. The van der Waals surface area contributed by atoms with Gasteiger partial charge in [-0.2, -0.15) is 0 Å². The highest BCUT2D eigenvalue weighted by molar-refractivity contribution is 5.60. The van der Waals surface area contributed by atoms with Crippen molar-refractivity contribution in [3.8, 4) is 5.75 Å². The number of hydrogen-bond donors (Lipinski definition) is 2. The van der Waals surface area contributed by atoms with Crippen LogP contribution in [0.25, 0.3) is 0 Å². The molecule has 1 heterocycles. The molecule has 0 fully saturated rings. The Morgan fingerprint density at radius 3 is 2.95 bits per heavy atom. The van der Waals surface area contributed by atoms with Crippen molar-refractivity contribution < 1.29 is 9.47 Å². The van der Waals surface area contributed by atoms with Crippen LogP contribution in [-0.2, 0) is 4.74 Å². The van der Waals surface area contributed by atoms with Crippen LogP contribution >= 0.6 is 0 Å². The fourth-order valence-corrected chi connectivity index (χ4v) is 2.98. The van der Waals surface area contributed by atoms with Gasteiger partial charge in [-0.3, -0.25) is 0 Å². The van der Waals surface area contributed by atoms with Gasteiger partial charge in [0.1, 0.15) is 5.75 Å². The van der Waals surface area contributed by atoms with Gasteiger partial charge < -0.3 is 20.5 Å². The van der Waals surface area contributed by atoms with Crippen LogP contribution in [0.4, 0.5) is 5.69 Å². The Balaban J connectivity index is 2.00. The molecule has 3 rings (SSSR count). The number of benzene rings is 1. The Morgan fingerprint density at radius 2 is 2.20 bits per heavy atom. The number of nitrogens with two attached hydrogens (primary N) is 1. The third-order valence-corrected chi connectivity index (χ3v) is 3.86. The summed E-state index contributed by atoms with van der Waals surface area (Å²) < 4.78 is 11.3. The van der Waals surface area contributed by atoms with E-state index in [1.54, 1.807) is 7.11 Å². The summed E-state index contributed by atoms with van der Waals surface area (Å²) in [6, 6.07) is 6.26. The molecule has 3 atom stereocenters. The van der Waals surface area contributed by atoms with Crippen molar-refractivity contribution in [2.24, 2.45) is 11.7 Å². The molecule has 20 heavy (non-hydrogen) atoms. The number of ether oxygens (including phenoxy) is 2. The monoisotopic (exact) mass is 272 g/mol. The molecule has 1 aromatic rings. The molecule has 4 nitrogen and oxygen atoms in total. The Kier molecular flexibility index (Phi) is 3.40. The first-order chi connectivity index (χ1) is 9.72. The van der Waals surface area contributed by atoms with E-state index in [4.69, 9.17) is 15.2 Å². The highest BCUT2D eigenvalue weighted by atomic mass is 16.5. The first-order valence-corrected chi connectivity index (χ1v) is 6.94. The number of fused-ring (bicyclic) bond motifs is 2. The highest BCUT2D eigenvalue weighted by Crippen LogP contribution is 2.42. The minimum atomic E-state index is 0.0113. The quantitative estimate of drug-likeness (QED) is 0.888. The van der Waals surface area contributed by atoms with Crippen LogP contribution in [-0.4, -0.2) is 19.8 Å². The fraction of sp³-hybridized carbons (Fsp3) is 0.375. The van der Waals surface area contributed by atoms with Gasteiger partial charge in [0.05, 0.1) is 18.8 Å². The van der Waals surface area contributed by atoms with Gasteiger partial charge in [-0.1, -0.05) is 6.08 Å². The standard InChI is InChI=1S/C16H20N2O2/c1-3-20-11-5-7-14-13(9-11)16(19-2)12-6-4-10(17)8-15(12)18-14/h4-9,12,15-16,18H,3,17H2,1-2H3. The van der Waals surface area contributed by atoms with E-state index in [1.165, 1.54) is 0 Å². The summed E-state index contributed by atoms with van der Waals surface area (Å²) in [5.74, 6) is 1.13. The Bertz CT molecular complexity index is 566. The van der Waals surface area contributed by atoms with E-state index in [0.717, 1.165) is 22.7 Å². The maximum absolute atomic E-state index is 5.89. The van der Waals surface area contributed by atoms with Crippen molar-refractivity contribution in [3.63, 3.8) is 0 Å². The van der Waals surface area contributed by atoms with Crippen LogP contribution in [0.2, 0.25) is 0 Å². The minimum absolute atomic E-state index is 0.0113. The molecular weight excluding hydrogens is 252 g/mol. The molecule has 106 valence electrons. The van der Waals surface area contributed by atoms with Crippen molar-refractivity contribution in [1.82, 2.24) is 0 Å². The average molecular weight is 272 g/mol. The van der Waals surface area contributed by atoms with Gasteiger partial charge >= 0.3 is 0 Å². The molecule has 1 aromatic carbocycles. The largest absolute Gasteiger partial charge is 0.494 e. The zero-order chi connectivity index (χ0) is 14.1. The minimum Gasteiger partial charge on any atom is -0.494 e. The number of rotatable bonds is 3. The average Bonchev–Trinajstić information content (AvgIpc) is 2.45. The number of anilines is 1. The molecule has 0 saturated carbocycles. The molecule has 3 unspecified atom stereocenters. The summed E-state index contributed by atoms with van der Waals surface area (Å²) in [6.45, 7) is 2.65. The summed E-state index contributed by atoms with van der Waals surface area (Å²) in [5.41, 5.74) is 8.90. The molecule has 0 spiro atoms. The maximum Gasteiger partial charge on any atom is 0.119 e. The topological polar surface area (TPSA) is 56.5 Å². The number of nitrogens with one attached hydrogen (secondary N) is 1. The van der Waals surface area contributed by atoms with E-state index < -0.39 is 0 Å². The van der Waals surface area contributed by atoms with E-state index in [2.05, 4.69) is 23.5 Å². The second-order valence-electron chi connectivity index (χ2n) is 5.11. The second kappa shape index (κ2) is 5.21. The number of hydrogen-bond acceptors (Lipinski definition) is 4. The van der Waals surface area contributed by atoms with Crippen LogP contribution in [0.5, 0.6) is 5.75 Å². The van der Waals surface area contributed by atoms with Crippen LogP contribution in [0.3, 0.4) is 0 Å². The van der Waals surface area contributed by atoms with Crippen LogP contribution in [0.15, 0.2) is 42.1 Å². The molecule has 0 bridgehead atoms. The molecule has 3 N–H and O–H groups in total. The van der Waals surface area contributed by atoms with Gasteiger partial charge in [0.2, 0.25) is 0 Å². The van der Waals surface area contributed by atoms with Gasteiger partial charge in [-0.05, 0) is 37.3 Å². The lowest BCUT2D eigenvalue weighted by molar-refractivity contribution is 0.0617. The van der Waals surface area contributed by atoms with Crippen LogP contribution in [0, 0.1) is 5.92 Å². The van der Waals surface area contributed by atoms with Crippen LogP contribution < -0.4 is 15.8 Å². The summed E-state index contributed by atoms with van der Waals surface area (Å²) in [7, 11) is 1.75. The third kappa shape index (κ3) is 2.16. The third-order valence-electron chi connectivity index (χ3n) is 3.86. The first-order valence-electron chi connectivity index (χ1n) is 6.94. The smallest absolute Gasteiger partial charge is 0.119 e. The lowest BCUT2D eigenvalue weighted by atomic mass is 9.81. The molecular formula is C16H20N2O2. The van der Waals surface area contributed by atoms with E-state index in [-0.39, 0.29) is 18.1 Å². The van der Waals surface area contributed by atoms with Gasteiger partial charge in [-0.25, -0.2) is 0 Å². The first kappa shape index (κ1) is 13.1. The molecule has 2 aliphatic rings. The van der Waals surface area contributed by atoms with Gasteiger partial charge in [0.25, 0.3) is 0 Å².